The Morgan fingerprint density at radius 1 is 0.407 bits per heavy atom. The summed E-state index contributed by atoms with van der Waals surface area (Å²) in [7, 11) is 0. The molecule has 2 aromatic carbocycles. The summed E-state index contributed by atoms with van der Waals surface area (Å²) in [6.07, 6.45) is 26.8. The molecule has 86 heavy (non-hydrogen) atoms. The molecule has 11 rings (SSSR count). The van der Waals surface area contributed by atoms with E-state index in [-0.39, 0.29) is 0 Å². The van der Waals surface area contributed by atoms with E-state index in [0.29, 0.717) is 29.8 Å². The number of hydrogen-bond donors (Lipinski definition) is 2. The number of imidazole rings is 3. The van der Waals surface area contributed by atoms with Gasteiger partial charge in [0.2, 0.25) is 0 Å². The van der Waals surface area contributed by atoms with E-state index in [0.717, 1.165) is 40.3 Å². The molecule has 0 amide bonds. The van der Waals surface area contributed by atoms with Gasteiger partial charge in [-0.25, -0.2) is 19.9 Å². The van der Waals surface area contributed by atoms with Crippen molar-refractivity contribution in [1.29, 1.82) is 0 Å². The minimum absolute atomic E-state index is 0.539. The van der Waals surface area contributed by atoms with Gasteiger partial charge in [0, 0.05) is 113 Å². The number of aromatic amines is 2. The molecule has 0 radical (unpaired) electrons. The number of rotatable bonds is 5. The molecule has 0 atom stereocenters. The number of nitrogens with zero attached hydrogens (tertiary/aromatic N) is 8. The highest BCUT2D eigenvalue weighted by Crippen LogP contribution is 2.20. The fraction of sp³-hybridized carbons (Fsp3) is 0.425. The Morgan fingerprint density at radius 3 is 1.27 bits per heavy atom. The molecule has 0 bridgehead atoms. The lowest BCUT2D eigenvalue weighted by Crippen LogP contribution is -1.97. The first-order chi connectivity index (χ1) is 40.9. The standard InChI is InChI=1S/C11H13N.C8H11N.C8H6O.C7H10S.C6H10N2.C6H9NS.C5H5N.4C4H10.2C3H4N2/c1-9(2)12-8-7-10-5-3-4-6-11(10)12;1-7(2)8-5-3-4-6-9-8;1-2-4-8-7(3-1)5-6-9-8;1-6(2)7-4-3-5-8-7;1-6(2)8-4-3-7-5-8;1-5(2)6-7-3-4-8-6;1-2-4-6-5-3-1;4*1-4(2)3;2*1-2-5-3-4-1/h3-9H,1-2H3;3-7H,1-2H3;1-6H;2*3-6H,1-2H3;3-5H,1-2H3;1-5H;4*4H,1-3H3;2*1-3H,(H,4,5). The van der Waals surface area contributed by atoms with Crippen LogP contribution >= 0.6 is 22.7 Å². The molecule has 0 aliphatic rings. The van der Waals surface area contributed by atoms with Crippen LogP contribution < -0.4 is 0 Å². The van der Waals surface area contributed by atoms with Crippen LogP contribution in [0.3, 0.4) is 0 Å². The molecule has 0 fully saturated rings. The third kappa shape index (κ3) is 49.1. The number of nitrogens with one attached hydrogen (secondary N) is 2. The molecular formula is C73H112N10OS2. The maximum absolute atomic E-state index is 5.12. The summed E-state index contributed by atoms with van der Waals surface area (Å²) in [4.78, 5) is 30.3. The number of fused-ring (bicyclic) bond motifs is 2. The van der Waals surface area contributed by atoms with Gasteiger partial charge < -0.3 is 23.5 Å². The summed E-state index contributed by atoms with van der Waals surface area (Å²) in [5.41, 5.74) is 3.45. The smallest absolute Gasteiger partial charge is 0.133 e. The topological polar surface area (TPSA) is 132 Å². The lowest BCUT2D eigenvalue weighted by Gasteiger charge is -2.08. The number of pyridine rings is 2. The molecule has 11 aromatic rings. The van der Waals surface area contributed by atoms with Gasteiger partial charge in [0.1, 0.15) is 5.58 Å². The quantitative estimate of drug-likeness (QED) is 0.175. The van der Waals surface area contributed by atoms with Crippen LogP contribution in [-0.4, -0.2) is 49.0 Å². The average Bonchev–Trinajstić information content (AvgIpc) is 4.52. The van der Waals surface area contributed by atoms with Gasteiger partial charge in [0.05, 0.1) is 30.3 Å². The molecule has 472 valence electrons. The summed E-state index contributed by atoms with van der Waals surface area (Å²) in [6, 6.07) is 37.6. The van der Waals surface area contributed by atoms with E-state index >= 15 is 0 Å². The van der Waals surface area contributed by atoms with Crippen molar-refractivity contribution in [2.45, 2.75) is 182 Å². The van der Waals surface area contributed by atoms with Gasteiger partial charge in [-0.15, -0.1) is 22.7 Å². The van der Waals surface area contributed by atoms with E-state index in [4.69, 9.17) is 4.42 Å². The molecule has 11 nitrogen and oxygen atoms in total. The number of aromatic nitrogens is 10. The normalized spacial score (nSPS) is 9.76. The maximum atomic E-state index is 5.12. The zero-order valence-corrected chi connectivity index (χ0v) is 58.3. The van der Waals surface area contributed by atoms with Crippen molar-refractivity contribution in [3.63, 3.8) is 0 Å². The van der Waals surface area contributed by atoms with Crippen LogP contribution in [0.15, 0.2) is 218 Å². The Labute approximate surface area is 529 Å². The van der Waals surface area contributed by atoms with Crippen LogP contribution in [0.5, 0.6) is 0 Å². The van der Waals surface area contributed by atoms with E-state index in [2.05, 4.69) is 255 Å². The van der Waals surface area contributed by atoms with Crippen LogP contribution in [0.25, 0.3) is 21.9 Å². The highest BCUT2D eigenvalue weighted by Gasteiger charge is 2.02. The van der Waals surface area contributed by atoms with Crippen molar-refractivity contribution >= 4 is 44.5 Å². The Hall–Kier alpha value is -7.22. The van der Waals surface area contributed by atoms with Gasteiger partial charge in [-0.1, -0.05) is 179 Å². The molecule has 0 aliphatic heterocycles. The third-order valence-corrected chi connectivity index (χ3v) is 11.6. The monoisotopic (exact) mass is 1210 g/mol. The SMILES string of the molecule is CC(C)C.CC(C)C.CC(C)C.CC(C)C.CC(C)c1ccccn1.CC(C)c1cccs1.CC(C)c1nccs1.CC(C)n1ccc2ccccc21.CC(C)n1ccnc1.c1c[nH]cn1.c1c[nH]cn1.c1ccc2occc2c1.c1ccncc1. The summed E-state index contributed by atoms with van der Waals surface area (Å²) in [6.45, 7) is 47.7. The van der Waals surface area contributed by atoms with Gasteiger partial charge in [-0.3, -0.25) is 9.97 Å². The van der Waals surface area contributed by atoms with Gasteiger partial charge >= 0.3 is 0 Å². The van der Waals surface area contributed by atoms with Crippen LogP contribution in [0.2, 0.25) is 0 Å². The predicted molar refractivity (Wildman–Crippen MR) is 378 cm³/mol. The number of thiazole rings is 1. The first-order valence-electron chi connectivity index (χ1n) is 30.4. The Balaban J connectivity index is 0. The highest BCUT2D eigenvalue weighted by molar-refractivity contribution is 7.10. The van der Waals surface area contributed by atoms with E-state index in [1.807, 2.05) is 108 Å². The molecule has 2 N–H and O–H groups in total. The second kappa shape index (κ2) is 53.3. The number of H-pyrrole nitrogens is 2. The van der Waals surface area contributed by atoms with Crippen molar-refractivity contribution in [1.82, 2.24) is 49.0 Å². The number of hydrogen-bond acceptors (Lipinski definition) is 9. The van der Waals surface area contributed by atoms with E-state index in [1.54, 1.807) is 73.6 Å². The fourth-order valence-corrected chi connectivity index (χ4v) is 7.03. The lowest BCUT2D eigenvalue weighted by atomic mass is 10.1. The Morgan fingerprint density at radius 2 is 0.953 bits per heavy atom. The first kappa shape index (κ1) is 80.8. The lowest BCUT2D eigenvalue weighted by molar-refractivity contribution is 0.600. The largest absolute Gasteiger partial charge is 0.464 e. The third-order valence-electron chi connectivity index (χ3n) is 9.38. The summed E-state index contributed by atoms with van der Waals surface area (Å²) < 4.78 is 9.46. The van der Waals surface area contributed by atoms with Crippen LogP contribution in [0.1, 0.15) is 198 Å². The highest BCUT2D eigenvalue weighted by atomic mass is 32.1. The average molecular weight is 1210 g/mol. The molecule has 0 unspecified atom stereocenters. The van der Waals surface area contributed by atoms with Crippen molar-refractivity contribution in [3.8, 4) is 0 Å². The molecule has 0 saturated heterocycles. The molecule has 9 heterocycles. The molecule has 0 spiro atoms. The van der Waals surface area contributed by atoms with Gasteiger partial charge in [-0.2, -0.15) is 0 Å². The second-order valence-electron chi connectivity index (χ2n) is 23.5. The zero-order valence-electron chi connectivity index (χ0n) is 56.7. The minimum atomic E-state index is 0.539. The van der Waals surface area contributed by atoms with Crippen molar-refractivity contribution in [2.24, 2.45) is 23.7 Å². The van der Waals surface area contributed by atoms with Gasteiger partial charge in [0.25, 0.3) is 0 Å². The molecule has 9 aromatic heterocycles. The number of benzene rings is 2. The number of furan rings is 1. The minimum Gasteiger partial charge on any atom is -0.464 e. The number of thiophene rings is 1. The van der Waals surface area contributed by atoms with E-state index in [9.17, 15) is 0 Å². The maximum Gasteiger partial charge on any atom is 0.133 e. The van der Waals surface area contributed by atoms with Crippen molar-refractivity contribution in [2.75, 3.05) is 0 Å². The van der Waals surface area contributed by atoms with Crippen LogP contribution in [0, 0.1) is 23.7 Å². The second-order valence-corrected chi connectivity index (χ2v) is 25.4. The van der Waals surface area contributed by atoms with Crippen molar-refractivity contribution < 1.29 is 4.42 Å². The van der Waals surface area contributed by atoms with Crippen LogP contribution in [-0.2, 0) is 0 Å². The van der Waals surface area contributed by atoms with E-state index in [1.165, 1.54) is 20.8 Å². The molecule has 0 aliphatic carbocycles. The Bertz CT molecular complexity index is 2720. The Kier molecular flexibility index (Phi) is 50.1. The summed E-state index contributed by atoms with van der Waals surface area (Å²) in [5.74, 6) is 5.18. The summed E-state index contributed by atoms with van der Waals surface area (Å²) >= 11 is 3.55. The van der Waals surface area contributed by atoms with Crippen molar-refractivity contribution in [3.05, 3.63) is 229 Å². The van der Waals surface area contributed by atoms with Gasteiger partial charge in [-0.05, 0) is 129 Å². The molecule has 0 saturated carbocycles. The fourth-order valence-electron chi connectivity index (χ4n) is 5.64. The first-order valence-corrected chi connectivity index (χ1v) is 32.2. The predicted octanol–water partition coefficient (Wildman–Crippen LogP) is 23.0. The zero-order chi connectivity index (χ0) is 64.9. The van der Waals surface area contributed by atoms with Crippen LogP contribution in [0.4, 0.5) is 0 Å². The molecular weight excluding hydrogens is 1100 g/mol. The molecule has 13 heteroatoms. The van der Waals surface area contributed by atoms with Gasteiger partial charge in [0.15, 0.2) is 0 Å². The number of para-hydroxylation sites is 2. The van der Waals surface area contributed by atoms with E-state index < -0.39 is 0 Å². The summed E-state index contributed by atoms with van der Waals surface area (Å²) in [5, 5.41) is 7.85.